The normalized spacial score (nSPS) is 16.6. The average Bonchev–Trinajstić information content (AvgIpc) is 2.41. The molecule has 0 radical (unpaired) electrons. The molecule has 0 fully saturated rings. The number of hydrogen-bond acceptors (Lipinski definition) is 4. The lowest BCUT2D eigenvalue weighted by Gasteiger charge is -2.13. The van der Waals surface area contributed by atoms with Crippen molar-refractivity contribution in [2.45, 2.75) is 50.9 Å². The molecular formula is C12H16N4O4. The van der Waals surface area contributed by atoms with E-state index in [0.717, 1.165) is 0 Å². The van der Waals surface area contributed by atoms with Crippen LogP contribution >= 0.6 is 0 Å². The summed E-state index contributed by atoms with van der Waals surface area (Å²) >= 11 is 0. The molecule has 0 aromatic carbocycles. The van der Waals surface area contributed by atoms with Crippen LogP contribution < -0.4 is 0 Å². The van der Waals surface area contributed by atoms with Gasteiger partial charge in [0, 0.05) is 0 Å². The number of aliphatic carboxylic acids is 2. The second-order valence-electron chi connectivity index (χ2n) is 4.17. The van der Waals surface area contributed by atoms with Gasteiger partial charge < -0.3 is 10.2 Å². The molecule has 2 unspecified atom stereocenters. The maximum absolute atomic E-state index is 11.2. The summed E-state index contributed by atoms with van der Waals surface area (Å²) in [5.41, 5.74) is -4.32. The van der Waals surface area contributed by atoms with E-state index in [1.165, 1.54) is 0 Å². The van der Waals surface area contributed by atoms with Gasteiger partial charge in [-0.05, 0) is 12.8 Å². The highest BCUT2D eigenvalue weighted by atomic mass is 16.4. The molecule has 8 heteroatoms. The highest BCUT2D eigenvalue weighted by Crippen LogP contribution is 2.27. The molecule has 0 aliphatic carbocycles. The molecule has 0 heterocycles. The van der Waals surface area contributed by atoms with Crippen LogP contribution in [0, 0.1) is 13.1 Å². The monoisotopic (exact) mass is 280 g/mol. The number of carboxylic acids is 2. The third-order valence-electron chi connectivity index (χ3n) is 2.63. The molecule has 0 aromatic heterocycles. The van der Waals surface area contributed by atoms with E-state index in [0.29, 0.717) is 12.8 Å². The molecule has 0 saturated heterocycles. The van der Waals surface area contributed by atoms with Crippen LogP contribution in [0.2, 0.25) is 0 Å². The van der Waals surface area contributed by atoms with E-state index in [1.54, 1.807) is 13.8 Å². The Balaban J connectivity index is 5.71. The Bertz CT molecular complexity index is 447. The number of hydrogen-bond donors (Lipinski definition) is 2. The van der Waals surface area contributed by atoms with Gasteiger partial charge in [0.2, 0.25) is 0 Å². The largest absolute Gasteiger partial charge is 0.474 e. The van der Waals surface area contributed by atoms with E-state index in [4.69, 9.17) is 23.4 Å². The molecule has 0 amide bonds. The molecule has 0 spiro atoms. The summed E-state index contributed by atoms with van der Waals surface area (Å²) in [6, 6.07) is 0. The maximum atomic E-state index is 11.2. The highest BCUT2D eigenvalue weighted by molar-refractivity contribution is 5.82. The van der Waals surface area contributed by atoms with Crippen LogP contribution in [-0.2, 0) is 9.59 Å². The number of rotatable bonds is 8. The highest BCUT2D eigenvalue weighted by Gasteiger charge is 2.51. The lowest BCUT2D eigenvalue weighted by Crippen LogP contribution is -2.36. The second kappa shape index (κ2) is 7.19. The predicted octanol–water partition coefficient (Wildman–Crippen LogP) is 2.44. The summed E-state index contributed by atoms with van der Waals surface area (Å²) < 4.78 is 0. The molecule has 8 nitrogen and oxygen atoms in total. The summed E-state index contributed by atoms with van der Waals surface area (Å²) in [6.45, 7) is 17.3. The Morgan fingerprint density at radius 3 is 1.40 bits per heavy atom. The van der Waals surface area contributed by atoms with Crippen LogP contribution in [0.25, 0.3) is 9.69 Å². The van der Waals surface area contributed by atoms with Gasteiger partial charge in [0.15, 0.2) is 0 Å². The minimum absolute atomic E-state index is 0.102. The van der Waals surface area contributed by atoms with Crippen molar-refractivity contribution in [1.29, 1.82) is 0 Å². The molecule has 0 aliphatic rings. The van der Waals surface area contributed by atoms with E-state index in [9.17, 15) is 9.59 Å². The molecule has 20 heavy (non-hydrogen) atoms. The van der Waals surface area contributed by atoms with Crippen molar-refractivity contribution in [3.05, 3.63) is 22.8 Å². The number of carbonyl (C=O) groups is 2. The zero-order valence-corrected chi connectivity index (χ0v) is 11.3. The lowest BCUT2D eigenvalue weighted by atomic mass is 10.1. The zero-order chi connectivity index (χ0) is 15.8. The van der Waals surface area contributed by atoms with Crippen LogP contribution in [0.4, 0.5) is 0 Å². The van der Waals surface area contributed by atoms with Gasteiger partial charge in [-0.25, -0.2) is 22.7 Å². The standard InChI is InChI=1S/C12H16N4O4/c1-5-7-11(13-3,9(17)18)15-16-12(14-4,8-6-2)10(19)20/h5-8H2,1-2H3,(H,17,18)(H,19,20)/b16-15+. The van der Waals surface area contributed by atoms with Crippen molar-refractivity contribution in [2.75, 3.05) is 0 Å². The summed E-state index contributed by atoms with van der Waals surface area (Å²) in [7, 11) is 0. The molecule has 2 N–H and O–H groups in total. The summed E-state index contributed by atoms with van der Waals surface area (Å²) in [4.78, 5) is 28.3. The van der Waals surface area contributed by atoms with Gasteiger partial charge >= 0.3 is 23.3 Å². The van der Waals surface area contributed by atoms with E-state index < -0.39 is 23.3 Å². The Morgan fingerprint density at radius 2 is 1.25 bits per heavy atom. The van der Waals surface area contributed by atoms with Crippen molar-refractivity contribution in [3.63, 3.8) is 0 Å². The topological polar surface area (TPSA) is 108 Å². The fourth-order valence-electron chi connectivity index (χ4n) is 1.51. The first-order chi connectivity index (χ1) is 9.34. The van der Waals surface area contributed by atoms with Crippen LogP contribution in [0.15, 0.2) is 10.2 Å². The second-order valence-corrected chi connectivity index (χ2v) is 4.17. The fraction of sp³-hybridized carbons (Fsp3) is 0.667. The summed E-state index contributed by atoms with van der Waals surface area (Å²) in [5, 5.41) is 25.0. The first-order valence-corrected chi connectivity index (χ1v) is 6.02. The third kappa shape index (κ3) is 3.51. The molecule has 0 rings (SSSR count). The quantitative estimate of drug-likeness (QED) is 0.525. The van der Waals surface area contributed by atoms with Gasteiger partial charge in [0.05, 0.1) is 12.8 Å². The third-order valence-corrected chi connectivity index (χ3v) is 2.63. The molecule has 0 bridgehead atoms. The summed E-state index contributed by atoms with van der Waals surface area (Å²) in [5.74, 6) is -3.00. The summed E-state index contributed by atoms with van der Waals surface area (Å²) in [6.07, 6.45) is 0.517. The minimum atomic E-state index is -2.16. The number of nitrogens with zero attached hydrogens (tertiary/aromatic N) is 4. The predicted molar refractivity (Wildman–Crippen MR) is 68.6 cm³/mol. The van der Waals surface area contributed by atoms with Gasteiger partial charge in [-0.3, -0.25) is 9.69 Å². The molecule has 108 valence electrons. The zero-order valence-electron chi connectivity index (χ0n) is 11.3. The van der Waals surface area contributed by atoms with E-state index in [2.05, 4.69) is 19.9 Å². The first kappa shape index (κ1) is 17.5. The Hall–Kier alpha value is -2.48. The van der Waals surface area contributed by atoms with Crippen LogP contribution in [0.3, 0.4) is 0 Å². The smallest absolute Gasteiger partial charge is 0.436 e. The van der Waals surface area contributed by atoms with Crippen molar-refractivity contribution in [2.24, 2.45) is 10.2 Å². The molecule has 0 saturated carbocycles. The van der Waals surface area contributed by atoms with Gasteiger partial charge in [0.1, 0.15) is 0 Å². The number of carboxylic acid groups (broad SMARTS) is 2. The van der Waals surface area contributed by atoms with E-state index >= 15 is 0 Å². The van der Waals surface area contributed by atoms with Gasteiger partial charge in [0.25, 0.3) is 0 Å². The fourth-order valence-corrected chi connectivity index (χ4v) is 1.51. The minimum Gasteiger partial charge on any atom is -0.474 e. The van der Waals surface area contributed by atoms with Gasteiger partial charge in [-0.1, -0.05) is 24.1 Å². The van der Waals surface area contributed by atoms with Crippen molar-refractivity contribution in [3.8, 4) is 0 Å². The van der Waals surface area contributed by atoms with Crippen LogP contribution in [0.5, 0.6) is 0 Å². The first-order valence-electron chi connectivity index (χ1n) is 6.02. The maximum Gasteiger partial charge on any atom is 0.436 e. The molecule has 2 atom stereocenters. The van der Waals surface area contributed by atoms with Crippen molar-refractivity contribution in [1.82, 2.24) is 0 Å². The van der Waals surface area contributed by atoms with Gasteiger partial charge in [-0.15, -0.1) is 0 Å². The number of azo groups is 1. The Morgan fingerprint density at radius 1 is 0.950 bits per heavy atom. The van der Waals surface area contributed by atoms with E-state index in [1.807, 2.05) is 0 Å². The van der Waals surface area contributed by atoms with Crippen LogP contribution in [0.1, 0.15) is 39.5 Å². The SMILES string of the molecule is [C-]#[N+]C(CCC)(/N=N/C(CCC)([N+]#[C-])C(=O)O)C(=O)O. The van der Waals surface area contributed by atoms with Crippen LogP contribution in [-0.4, -0.2) is 33.5 Å². The van der Waals surface area contributed by atoms with Gasteiger partial charge in [-0.2, -0.15) is 0 Å². The van der Waals surface area contributed by atoms with Crippen molar-refractivity contribution < 1.29 is 19.8 Å². The van der Waals surface area contributed by atoms with E-state index in [-0.39, 0.29) is 12.8 Å². The van der Waals surface area contributed by atoms with Crippen molar-refractivity contribution >= 4 is 11.9 Å². The average molecular weight is 280 g/mol. The molecular weight excluding hydrogens is 264 g/mol. The molecule has 0 aliphatic heterocycles. The molecule has 0 aromatic rings. The lowest BCUT2D eigenvalue weighted by molar-refractivity contribution is -0.144. The Kier molecular flexibility index (Phi) is 6.30. The Labute approximate surface area is 116 Å².